The zero-order valence-electron chi connectivity index (χ0n) is 16.3. The maximum absolute atomic E-state index is 13.1. The largest absolute Gasteiger partial charge is 0.358 e. The van der Waals surface area contributed by atoms with Crippen LogP contribution in [-0.2, 0) is 14.8 Å². The number of ether oxygens (including phenoxy) is 1. The molecule has 1 aromatic heterocycles. The van der Waals surface area contributed by atoms with Crippen LogP contribution in [-0.4, -0.2) is 60.4 Å². The topological polar surface area (TPSA) is 110 Å². The van der Waals surface area contributed by atoms with Gasteiger partial charge in [-0.25, -0.2) is 8.42 Å². The first kappa shape index (κ1) is 20.9. The van der Waals surface area contributed by atoms with Crippen LogP contribution in [0.5, 0.6) is 0 Å². The molecule has 2 aliphatic rings. The van der Waals surface area contributed by atoms with Crippen molar-refractivity contribution in [3.63, 3.8) is 0 Å². The van der Waals surface area contributed by atoms with E-state index in [1.807, 2.05) is 0 Å². The number of likely N-dealkylation sites (tertiary alicyclic amines) is 1. The number of hydrogen-bond donors (Lipinski definition) is 0. The maximum atomic E-state index is 13.1. The number of rotatable bonds is 4. The third-order valence-electron chi connectivity index (χ3n) is 5.64. The van der Waals surface area contributed by atoms with Gasteiger partial charge in [-0.3, -0.25) is 14.9 Å². The van der Waals surface area contributed by atoms with E-state index in [9.17, 15) is 23.3 Å². The van der Waals surface area contributed by atoms with Gasteiger partial charge in [-0.15, -0.1) is 11.3 Å². The smallest absolute Gasteiger partial charge is 0.273 e. The number of nitro groups is 1. The van der Waals surface area contributed by atoms with Crippen molar-refractivity contribution in [3.8, 4) is 0 Å². The highest BCUT2D eigenvalue weighted by atomic mass is 32.2. The molecule has 0 N–H and O–H groups in total. The first-order valence-electron chi connectivity index (χ1n) is 9.49. The van der Waals surface area contributed by atoms with Crippen LogP contribution in [0.25, 0.3) is 0 Å². The number of carbonyl (C=O) groups is 1. The maximum Gasteiger partial charge on any atom is 0.273 e. The Labute approximate surface area is 178 Å². The molecule has 0 saturated carbocycles. The van der Waals surface area contributed by atoms with Gasteiger partial charge in [0.05, 0.1) is 11.5 Å². The van der Waals surface area contributed by atoms with Gasteiger partial charge in [0.1, 0.15) is 9.93 Å². The van der Waals surface area contributed by atoms with Crippen LogP contribution in [0.3, 0.4) is 0 Å². The Kier molecular flexibility index (Phi) is 5.39. The number of benzene rings is 1. The molecule has 160 valence electrons. The number of nitro benzene ring substituents is 1. The molecule has 2 aromatic rings. The lowest BCUT2D eigenvalue weighted by atomic mass is 9.99. The minimum atomic E-state index is -3.66. The summed E-state index contributed by atoms with van der Waals surface area (Å²) in [6.45, 7) is 2.81. The summed E-state index contributed by atoms with van der Waals surface area (Å²) in [5, 5.41) is 12.9. The molecule has 1 aromatic carbocycles. The molecule has 9 nitrogen and oxygen atoms in total. The Morgan fingerprint density at radius 3 is 2.60 bits per heavy atom. The molecule has 0 aliphatic carbocycles. The monoisotopic (exact) mass is 451 g/mol. The van der Waals surface area contributed by atoms with E-state index in [-0.39, 0.29) is 27.9 Å². The second-order valence-corrected chi connectivity index (χ2v) is 10.4. The fourth-order valence-electron chi connectivity index (χ4n) is 4.03. The van der Waals surface area contributed by atoms with Crippen LogP contribution < -0.4 is 0 Å². The van der Waals surface area contributed by atoms with Gasteiger partial charge in [0, 0.05) is 49.7 Å². The minimum Gasteiger partial charge on any atom is -0.358 e. The molecule has 2 fully saturated rings. The number of aryl methyl sites for hydroxylation is 1. The number of carbonyl (C=O) groups excluding carboxylic acids is 1. The first-order valence-corrected chi connectivity index (χ1v) is 11.8. The number of hydrogen-bond acceptors (Lipinski definition) is 7. The normalized spacial score (nSPS) is 19.3. The number of nitrogens with zero attached hydrogens (tertiary/aromatic N) is 3. The van der Waals surface area contributed by atoms with Crippen LogP contribution in [0.4, 0.5) is 5.69 Å². The molecular weight excluding hydrogens is 430 g/mol. The lowest BCUT2D eigenvalue weighted by Crippen LogP contribution is -2.55. The van der Waals surface area contributed by atoms with E-state index < -0.39 is 20.7 Å². The van der Waals surface area contributed by atoms with E-state index in [4.69, 9.17) is 4.74 Å². The van der Waals surface area contributed by atoms with Crippen LogP contribution in [0.1, 0.15) is 28.8 Å². The molecule has 30 heavy (non-hydrogen) atoms. The number of thiophene rings is 1. The van der Waals surface area contributed by atoms with Gasteiger partial charge in [0.25, 0.3) is 21.6 Å². The third-order valence-corrected chi connectivity index (χ3v) is 8.97. The van der Waals surface area contributed by atoms with Gasteiger partial charge < -0.3 is 9.64 Å². The standard InChI is InChI=1S/C19H21N3O6S2/c1-14-4-5-15(13-16(14)22(24)25)18(23)20-8-6-19(7-9-20)21(10-11-28-19)30(26,27)17-3-2-12-29-17/h2-5,12-13H,6-11H2,1H3. The fourth-order valence-corrected chi connectivity index (χ4v) is 6.85. The van der Waals surface area contributed by atoms with Gasteiger partial charge >= 0.3 is 0 Å². The van der Waals surface area contributed by atoms with Crippen molar-refractivity contribution in [2.75, 3.05) is 26.2 Å². The SMILES string of the molecule is Cc1ccc(C(=O)N2CCC3(CC2)OCCN3S(=O)(=O)c2cccs2)cc1[N+](=O)[O-]. The Bertz CT molecular complexity index is 1080. The van der Waals surface area contributed by atoms with Crippen molar-refractivity contribution in [2.24, 2.45) is 0 Å². The van der Waals surface area contributed by atoms with Crippen molar-refractivity contribution in [1.29, 1.82) is 0 Å². The summed E-state index contributed by atoms with van der Waals surface area (Å²) < 4.78 is 33.7. The van der Waals surface area contributed by atoms with Crippen molar-refractivity contribution in [2.45, 2.75) is 29.7 Å². The molecular formula is C19H21N3O6S2. The second-order valence-electron chi connectivity index (χ2n) is 7.35. The Morgan fingerprint density at radius 2 is 1.97 bits per heavy atom. The zero-order valence-corrected chi connectivity index (χ0v) is 17.9. The minimum absolute atomic E-state index is 0.0957. The average Bonchev–Trinajstić information content (AvgIpc) is 3.39. The summed E-state index contributed by atoms with van der Waals surface area (Å²) in [6, 6.07) is 7.71. The third kappa shape index (κ3) is 3.51. The lowest BCUT2D eigenvalue weighted by molar-refractivity contribution is -0.385. The van der Waals surface area contributed by atoms with Crippen molar-refractivity contribution in [3.05, 3.63) is 57.0 Å². The molecule has 1 spiro atoms. The summed E-state index contributed by atoms with van der Waals surface area (Å²) in [7, 11) is -3.66. The van der Waals surface area contributed by atoms with Crippen molar-refractivity contribution in [1.82, 2.24) is 9.21 Å². The molecule has 2 aliphatic heterocycles. The van der Waals surface area contributed by atoms with Crippen molar-refractivity contribution >= 4 is 33.0 Å². The Balaban J connectivity index is 1.51. The van der Waals surface area contributed by atoms with Crippen LogP contribution in [0.15, 0.2) is 39.9 Å². The van der Waals surface area contributed by atoms with Gasteiger partial charge in [-0.05, 0) is 24.4 Å². The van der Waals surface area contributed by atoms with E-state index in [1.165, 1.54) is 21.7 Å². The van der Waals surface area contributed by atoms with Crippen molar-refractivity contribution < 1.29 is 22.9 Å². The van der Waals surface area contributed by atoms with E-state index in [1.54, 1.807) is 41.5 Å². The summed E-state index contributed by atoms with van der Waals surface area (Å²) >= 11 is 1.17. The van der Waals surface area contributed by atoms with Gasteiger partial charge in [0.15, 0.2) is 0 Å². The van der Waals surface area contributed by atoms with Crippen LogP contribution >= 0.6 is 11.3 Å². The molecule has 3 heterocycles. The molecule has 0 unspecified atom stereocenters. The summed E-state index contributed by atoms with van der Waals surface area (Å²) in [5.41, 5.74) is -0.318. The predicted molar refractivity (Wildman–Crippen MR) is 110 cm³/mol. The van der Waals surface area contributed by atoms with Crippen LogP contribution in [0, 0.1) is 17.0 Å². The molecule has 4 rings (SSSR count). The summed E-state index contributed by atoms with van der Waals surface area (Å²) in [5.74, 6) is -0.307. The molecule has 11 heteroatoms. The number of sulfonamides is 1. The highest BCUT2D eigenvalue weighted by molar-refractivity contribution is 7.91. The Morgan fingerprint density at radius 1 is 1.23 bits per heavy atom. The molecule has 1 amide bonds. The van der Waals surface area contributed by atoms with Gasteiger partial charge in [-0.1, -0.05) is 12.1 Å². The Hall–Kier alpha value is -2.34. The fraction of sp³-hybridized carbons (Fsp3) is 0.421. The average molecular weight is 452 g/mol. The quantitative estimate of drug-likeness (QED) is 0.522. The molecule has 2 saturated heterocycles. The number of amides is 1. The summed E-state index contributed by atoms with van der Waals surface area (Å²) in [4.78, 5) is 25.2. The summed E-state index contributed by atoms with van der Waals surface area (Å²) in [6.07, 6.45) is 0.689. The molecule has 0 atom stereocenters. The van der Waals surface area contributed by atoms with Gasteiger partial charge in [-0.2, -0.15) is 4.31 Å². The second kappa shape index (κ2) is 7.73. The first-order chi connectivity index (χ1) is 14.2. The zero-order chi connectivity index (χ0) is 21.5. The van der Waals surface area contributed by atoms with E-state index in [2.05, 4.69) is 0 Å². The van der Waals surface area contributed by atoms with Crippen LogP contribution in [0.2, 0.25) is 0 Å². The highest BCUT2D eigenvalue weighted by Crippen LogP contribution is 2.39. The lowest BCUT2D eigenvalue weighted by Gasteiger charge is -2.42. The van der Waals surface area contributed by atoms with E-state index in [0.29, 0.717) is 38.1 Å². The highest BCUT2D eigenvalue weighted by Gasteiger charge is 2.51. The van der Waals surface area contributed by atoms with Gasteiger partial charge in [0.2, 0.25) is 0 Å². The predicted octanol–water partition coefficient (Wildman–Crippen LogP) is 2.62. The van der Waals surface area contributed by atoms with E-state index >= 15 is 0 Å². The molecule has 0 radical (unpaired) electrons. The number of piperidine rings is 1. The van der Waals surface area contributed by atoms with E-state index in [0.717, 1.165) is 0 Å². The molecule has 0 bridgehead atoms.